The molecular formula is C17H33N7O7. The summed E-state index contributed by atoms with van der Waals surface area (Å²) in [5.74, 6) is -4.02. The minimum absolute atomic E-state index is 0.0925. The molecule has 0 aliphatic rings. The van der Waals surface area contributed by atoms with Crippen molar-refractivity contribution in [1.29, 1.82) is 0 Å². The first-order chi connectivity index (χ1) is 14.3. The molecule has 12 N–H and O–H groups in total. The van der Waals surface area contributed by atoms with Crippen molar-refractivity contribution in [1.82, 2.24) is 16.0 Å². The van der Waals surface area contributed by atoms with Crippen molar-refractivity contribution in [2.24, 2.45) is 22.2 Å². The van der Waals surface area contributed by atoms with E-state index in [-0.39, 0.29) is 18.9 Å². The maximum atomic E-state index is 12.4. The van der Waals surface area contributed by atoms with Crippen LogP contribution in [0.5, 0.6) is 0 Å². The van der Waals surface area contributed by atoms with Crippen molar-refractivity contribution in [3.8, 4) is 0 Å². The van der Waals surface area contributed by atoms with Gasteiger partial charge in [0.15, 0.2) is 12.0 Å². The smallest absolute Gasteiger partial charge is 0.328 e. The first-order valence-corrected chi connectivity index (χ1v) is 9.58. The van der Waals surface area contributed by atoms with Gasteiger partial charge in [0.2, 0.25) is 17.7 Å². The van der Waals surface area contributed by atoms with Gasteiger partial charge in [-0.25, -0.2) is 4.79 Å². The molecule has 0 radical (unpaired) electrons. The molecule has 0 aromatic carbocycles. The number of nitrogens with one attached hydrogen (secondary N) is 3. The van der Waals surface area contributed by atoms with Gasteiger partial charge in [-0.05, 0) is 33.6 Å². The van der Waals surface area contributed by atoms with Crippen LogP contribution in [0, 0.1) is 0 Å². The molecule has 0 rings (SSSR count). The largest absolute Gasteiger partial charge is 0.480 e. The summed E-state index contributed by atoms with van der Waals surface area (Å²) in [5, 5.41) is 34.9. The lowest BCUT2D eigenvalue weighted by Crippen LogP contribution is -2.59. The van der Waals surface area contributed by atoms with E-state index in [2.05, 4.69) is 20.9 Å². The van der Waals surface area contributed by atoms with E-state index in [4.69, 9.17) is 22.3 Å². The third-order valence-corrected chi connectivity index (χ3v) is 4.17. The molecule has 0 heterocycles. The molecule has 31 heavy (non-hydrogen) atoms. The van der Waals surface area contributed by atoms with Crippen LogP contribution in [0.4, 0.5) is 0 Å². The van der Waals surface area contributed by atoms with E-state index in [1.54, 1.807) is 0 Å². The molecule has 0 saturated carbocycles. The predicted octanol–water partition coefficient (Wildman–Crippen LogP) is -4.31. The average molecular weight is 447 g/mol. The summed E-state index contributed by atoms with van der Waals surface area (Å²) in [6, 6.07) is -5.21. The minimum Gasteiger partial charge on any atom is -0.480 e. The van der Waals surface area contributed by atoms with Gasteiger partial charge in [0.1, 0.15) is 12.1 Å². The Hall–Kier alpha value is -2.97. The lowest BCUT2D eigenvalue weighted by atomic mass is 10.1. The Morgan fingerprint density at radius 1 is 0.871 bits per heavy atom. The molecule has 6 unspecified atom stereocenters. The number of nitrogens with two attached hydrogens (primary N) is 3. The first kappa shape index (κ1) is 28.0. The topological polar surface area (TPSA) is 255 Å². The number of aliphatic hydroxyl groups excluding tert-OH is 2. The lowest BCUT2D eigenvalue weighted by Gasteiger charge is -2.25. The average Bonchev–Trinajstić information content (AvgIpc) is 2.65. The molecule has 178 valence electrons. The summed E-state index contributed by atoms with van der Waals surface area (Å²) < 4.78 is 0. The van der Waals surface area contributed by atoms with E-state index in [0.717, 1.165) is 0 Å². The molecule has 0 bridgehead atoms. The van der Waals surface area contributed by atoms with Crippen LogP contribution in [0.2, 0.25) is 0 Å². The van der Waals surface area contributed by atoms with Gasteiger partial charge in [-0.3, -0.25) is 19.4 Å². The number of carboxylic acids is 1. The van der Waals surface area contributed by atoms with Crippen LogP contribution in [0.1, 0.15) is 33.6 Å². The maximum Gasteiger partial charge on any atom is 0.328 e. The SMILES string of the molecule is CC(NC(=O)C(NC(=O)C(N)CCCN=C(N)N)C(C)O)C(=O)NC(C(=O)O)C(C)O. The third-order valence-electron chi connectivity index (χ3n) is 4.17. The molecule has 6 atom stereocenters. The van der Waals surface area contributed by atoms with Crippen LogP contribution in [-0.4, -0.2) is 87.9 Å². The van der Waals surface area contributed by atoms with Gasteiger partial charge in [0, 0.05) is 6.54 Å². The number of nitrogens with zero attached hydrogens (tertiary/aromatic N) is 1. The summed E-state index contributed by atoms with van der Waals surface area (Å²) >= 11 is 0. The summed E-state index contributed by atoms with van der Waals surface area (Å²) in [6.45, 7) is 3.97. The molecular weight excluding hydrogens is 414 g/mol. The van der Waals surface area contributed by atoms with E-state index in [9.17, 15) is 29.4 Å². The normalized spacial score (nSPS) is 16.6. The highest BCUT2D eigenvalue weighted by atomic mass is 16.4. The zero-order chi connectivity index (χ0) is 24.3. The van der Waals surface area contributed by atoms with Crippen molar-refractivity contribution < 1.29 is 34.5 Å². The molecule has 14 heteroatoms. The van der Waals surface area contributed by atoms with Crippen LogP contribution in [-0.2, 0) is 19.2 Å². The zero-order valence-corrected chi connectivity index (χ0v) is 17.7. The van der Waals surface area contributed by atoms with Crippen molar-refractivity contribution in [2.45, 2.75) is 70.0 Å². The number of guanidine groups is 1. The third kappa shape index (κ3) is 10.6. The fourth-order valence-electron chi connectivity index (χ4n) is 2.35. The van der Waals surface area contributed by atoms with E-state index in [1.165, 1.54) is 20.8 Å². The Morgan fingerprint density at radius 2 is 1.39 bits per heavy atom. The maximum absolute atomic E-state index is 12.4. The van der Waals surface area contributed by atoms with Gasteiger partial charge in [0.25, 0.3) is 0 Å². The van der Waals surface area contributed by atoms with Gasteiger partial charge >= 0.3 is 5.97 Å². The standard InChI is InChI=1S/C17H33N7O7/c1-7(13(27)24-12(9(3)26)16(30)31)22-15(29)11(8(2)25)23-14(28)10(18)5-4-6-21-17(19)20/h7-12,25-26H,4-6,18H2,1-3H3,(H,22,29)(H,23,28)(H,24,27)(H,30,31)(H4,19,20,21). The molecule has 14 nitrogen and oxygen atoms in total. The van der Waals surface area contributed by atoms with Gasteiger partial charge in [0.05, 0.1) is 18.2 Å². The van der Waals surface area contributed by atoms with Crippen LogP contribution in [0.25, 0.3) is 0 Å². The number of aliphatic hydroxyl groups is 2. The number of hydrogen-bond acceptors (Lipinski definition) is 8. The summed E-state index contributed by atoms with van der Waals surface area (Å²) in [5.41, 5.74) is 16.2. The van der Waals surface area contributed by atoms with E-state index in [0.29, 0.717) is 6.42 Å². The number of aliphatic carboxylic acids is 1. The number of rotatable bonds is 13. The Labute approximate surface area is 179 Å². The van der Waals surface area contributed by atoms with Gasteiger partial charge in [-0.1, -0.05) is 0 Å². The zero-order valence-electron chi connectivity index (χ0n) is 17.7. The Kier molecular flexibility index (Phi) is 12.1. The predicted molar refractivity (Wildman–Crippen MR) is 110 cm³/mol. The number of carbonyl (C=O) groups excluding carboxylic acids is 3. The number of carboxylic acid groups (broad SMARTS) is 1. The molecule has 0 fully saturated rings. The molecule has 0 aliphatic heterocycles. The highest BCUT2D eigenvalue weighted by Gasteiger charge is 2.31. The van der Waals surface area contributed by atoms with Crippen molar-refractivity contribution in [3.05, 3.63) is 0 Å². The number of amides is 3. The van der Waals surface area contributed by atoms with Crippen LogP contribution in [0.3, 0.4) is 0 Å². The molecule has 0 aromatic heterocycles. The Bertz CT molecular complexity index is 665. The summed E-state index contributed by atoms with van der Waals surface area (Å²) in [4.78, 5) is 51.6. The molecule has 0 saturated heterocycles. The fourth-order valence-corrected chi connectivity index (χ4v) is 2.35. The summed E-state index contributed by atoms with van der Waals surface area (Å²) in [6.07, 6.45) is -2.08. The number of carbonyl (C=O) groups is 4. The van der Waals surface area contributed by atoms with Crippen LogP contribution in [0.15, 0.2) is 4.99 Å². The highest BCUT2D eigenvalue weighted by Crippen LogP contribution is 2.01. The first-order valence-electron chi connectivity index (χ1n) is 9.58. The second kappa shape index (κ2) is 13.4. The van der Waals surface area contributed by atoms with E-state index < -0.39 is 60.1 Å². The van der Waals surface area contributed by atoms with Crippen LogP contribution >= 0.6 is 0 Å². The molecule has 0 spiro atoms. The fraction of sp³-hybridized carbons (Fsp3) is 0.706. The molecule has 0 aromatic rings. The number of aliphatic imine (C=N–C) groups is 1. The van der Waals surface area contributed by atoms with Crippen molar-refractivity contribution in [2.75, 3.05) is 6.54 Å². The Balaban J connectivity index is 4.89. The van der Waals surface area contributed by atoms with Crippen molar-refractivity contribution in [3.63, 3.8) is 0 Å². The molecule has 3 amide bonds. The van der Waals surface area contributed by atoms with Crippen molar-refractivity contribution >= 4 is 29.7 Å². The van der Waals surface area contributed by atoms with Gasteiger partial charge in [-0.15, -0.1) is 0 Å². The lowest BCUT2D eigenvalue weighted by molar-refractivity contribution is -0.145. The van der Waals surface area contributed by atoms with E-state index in [1.807, 2.05) is 0 Å². The quantitative estimate of drug-likeness (QED) is 0.0745. The van der Waals surface area contributed by atoms with Crippen LogP contribution < -0.4 is 33.2 Å². The monoisotopic (exact) mass is 447 g/mol. The van der Waals surface area contributed by atoms with Gasteiger partial charge < -0.3 is 48.5 Å². The highest BCUT2D eigenvalue weighted by molar-refractivity contribution is 5.94. The second-order valence-corrected chi connectivity index (χ2v) is 7.08. The Morgan fingerprint density at radius 3 is 1.84 bits per heavy atom. The van der Waals surface area contributed by atoms with Gasteiger partial charge in [-0.2, -0.15) is 0 Å². The minimum atomic E-state index is -1.57. The summed E-state index contributed by atoms with van der Waals surface area (Å²) in [7, 11) is 0. The molecule has 0 aliphatic carbocycles. The second-order valence-electron chi connectivity index (χ2n) is 7.08. The number of hydrogen-bond donors (Lipinski definition) is 9. The van der Waals surface area contributed by atoms with E-state index >= 15 is 0 Å².